The van der Waals surface area contributed by atoms with Crippen LogP contribution >= 0.6 is 0 Å². The molecule has 0 heterocycles. The highest BCUT2D eigenvalue weighted by molar-refractivity contribution is 6.00. The van der Waals surface area contributed by atoms with Crippen LogP contribution in [0.1, 0.15) is 36.7 Å². The lowest BCUT2D eigenvalue weighted by atomic mass is 9.87. The van der Waals surface area contributed by atoms with Gasteiger partial charge in [-0.2, -0.15) is 8.78 Å². The molecule has 0 bridgehead atoms. The summed E-state index contributed by atoms with van der Waals surface area (Å²) >= 11 is 0. The minimum Gasteiger partial charge on any atom is -0.426 e. The summed E-state index contributed by atoms with van der Waals surface area (Å²) in [4.78, 5) is 11.8. The number of ketones is 1. The van der Waals surface area contributed by atoms with Crippen molar-refractivity contribution in [2.24, 2.45) is 0 Å². The second-order valence-electron chi connectivity index (χ2n) is 6.35. The lowest BCUT2D eigenvalue weighted by Crippen LogP contribution is -2.35. The second-order valence-corrected chi connectivity index (χ2v) is 6.35. The maximum Gasteiger partial charge on any atom is 0.466 e. The van der Waals surface area contributed by atoms with E-state index in [1.165, 1.54) is 12.1 Å². The average Bonchev–Trinajstić information content (AvgIpc) is 2.46. The van der Waals surface area contributed by atoms with Gasteiger partial charge in [-0.1, -0.05) is 32.9 Å². The Balaban J connectivity index is 2.22. The number of carbonyl (C=O) groups is 1. The molecule has 2 rings (SSSR count). The summed E-state index contributed by atoms with van der Waals surface area (Å²) in [5.41, 5.74) is -0.213. The number of carbonyl (C=O) groups excluding carboxylic acids is 1. The lowest BCUT2D eigenvalue weighted by molar-refractivity contribution is -0.134. The van der Waals surface area contributed by atoms with Crippen molar-refractivity contribution in [2.75, 3.05) is 0 Å². The number of halogens is 4. The fourth-order valence-electron chi connectivity index (χ4n) is 2.05. The summed E-state index contributed by atoms with van der Waals surface area (Å²) in [6.45, 7) is 5.87. The Bertz CT molecular complexity index is 747. The van der Waals surface area contributed by atoms with Gasteiger partial charge in [-0.25, -0.2) is 8.78 Å². The molecular weight excluding hydrogens is 324 g/mol. The van der Waals surface area contributed by atoms with Crippen molar-refractivity contribution in [3.63, 3.8) is 0 Å². The second kappa shape index (κ2) is 6.26. The predicted octanol–water partition coefficient (Wildman–Crippen LogP) is 5.12. The molecule has 0 aliphatic rings. The van der Waals surface area contributed by atoms with Crippen molar-refractivity contribution in [1.29, 1.82) is 0 Å². The van der Waals surface area contributed by atoms with E-state index in [0.717, 1.165) is 11.6 Å². The zero-order valence-corrected chi connectivity index (χ0v) is 13.4. The molecule has 0 N–H and O–H groups in total. The Morgan fingerprint density at radius 1 is 0.958 bits per heavy atom. The van der Waals surface area contributed by atoms with Gasteiger partial charge in [-0.05, 0) is 35.2 Å². The minimum atomic E-state index is -4.28. The molecule has 0 atom stereocenters. The first-order chi connectivity index (χ1) is 11.0. The predicted molar refractivity (Wildman–Crippen MR) is 81.4 cm³/mol. The van der Waals surface area contributed by atoms with Gasteiger partial charge in [0.2, 0.25) is 0 Å². The molecule has 0 spiro atoms. The summed E-state index contributed by atoms with van der Waals surface area (Å²) in [7, 11) is 0. The van der Waals surface area contributed by atoms with Gasteiger partial charge >= 0.3 is 6.11 Å². The molecule has 24 heavy (non-hydrogen) atoms. The molecule has 0 aliphatic heterocycles. The standard InChI is InChI=1S/C18H16F4O2/c1-17(2,3)11-4-7-13(8-5-11)24-18(21,22)16(23)14-9-6-12(19)10-15(14)20/h4-10H,1-3H3. The third-order valence-corrected chi connectivity index (χ3v) is 3.41. The molecule has 2 aromatic carbocycles. The van der Waals surface area contributed by atoms with E-state index in [-0.39, 0.29) is 11.2 Å². The van der Waals surface area contributed by atoms with Crippen LogP contribution < -0.4 is 4.74 Å². The number of Topliss-reactive ketones (excluding diaryl/α,β-unsaturated/α-hetero) is 1. The van der Waals surface area contributed by atoms with E-state index in [1.807, 2.05) is 20.8 Å². The van der Waals surface area contributed by atoms with Gasteiger partial charge in [0.1, 0.15) is 17.4 Å². The van der Waals surface area contributed by atoms with Crippen molar-refractivity contribution in [1.82, 2.24) is 0 Å². The van der Waals surface area contributed by atoms with Gasteiger partial charge in [0.25, 0.3) is 5.78 Å². The number of hydrogen-bond donors (Lipinski definition) is 0. The summed E-state index contributed by atoms with van der Waals surface area (Å²) in [6.07, 6.45) is -4.28. The molecule has 0 aliphatic carbocycles. The highest BCUT2D eigenvalue weighted by atomic mass is 19.3. The molecule has 0 aromatic heterocycles. The first-order valence-electron chi connectivity index (χ1n) is 7.18. The zero-order chi connectivity index (χ0) is 18.1. The number of ether oxygens (including phenoxy) is 1. The lowest BCUT2D eigenvalue weighted by Gasteiger charge is -2.20. The molecule has 2 aromatic rings. The highest BCUT2D eigenvalue weighted by Crippen LogP contribution is 2.29. The molecule has 128 valence electrons. The molecule has 0 unspecified atom stereocenters. The Morgan fingerprint density at radius 3 is 2.04 bits per heavy atom. The van der Waals surface area contributed by atoms with Crippen molar-refractivity contribution in [3.05, 3.63) is 65.2 Å². The van der Waals surface area contributed by atoms with Gasteiger partial charge in [0.05, 0.1) is 5.56 Å². The van der Waals surface area contributed by atoms with E-state index in [1.54, 1.807) is 12.1 Å². The average molecular weight is 340 g/mol. The number of hydrogen-bond acceptors (Lipinski definition) is 2. The number of rotatable bonds is 4. The third-order valence-electron chi connectivity index (χ3n) is 3.41. The zero-order valence-electron chi connectivity index (χ0n) is 13.4. The van der Waals surface area contributed by atoms with Crippen LogP contribution in [-0.2, 0) is 5.41 Å². The maximum absolute atomic E-state index is 14.0. The SMILES string of the molecule is CC(C)(C)c1ccc(OC(F)(F)C(=O)c2ccc(F)cc2F)cc1. The third kappa shape index (κ3) is 3.93. The van der Waals surface area contributed by atoms with Gasteiger partial charge in [0.15, 0.2) is 0 Å². The van der Waals surface area contributed by atoms with Crippen LogP contribution in [0.15, 0.2) is 42.5 Å². The smallest absolute Gasteiger partial charge is 0.426 e. The fourth-order valence-corrected chi connectivity index (χ4v) is 2.05. The molecule has 2 nitrogen and oxygen atoms in total. The van der Waals surface area contributed by atoms with Gasteiger partial charge in [-0.15, -0.1) is 0 Å². The molecule has 6 heteroatoms. The molecule has 0 fully saturated rings. The Morgan fingerprint density at radius 2 is 1.54 bits per heavy atom. The molecule has 0 radical (unpaired) electrons. The van der Waals surface area contributed by atoms with E-state index < -0.39 is 29.1 Å². The maximum atomic E-state index is 14.0. The summed E-state index contributed by atoms with van der Waals surface area (Å²) in [6, 6.07) is 7.58. The highest BCUT2D eigenvalue weighted by Gasteiger charge is 2.44. The summed E-state index contributed by atoms with van der Waals surface area (Å²) < 4.78 is 58.7. The van der Waals surface area contributed by atoms with Crippen LogP contribution in [0.3, 0.4) is 0 Å². The van der Waals surface area contributed by atoms with Crippen molar-refractivity contribution >= 4 is 5.78 Å². The van der Waals surface area contributed by atoms with E-state index in [0.29, 0.717) is 12.1 Å². The topological polar surface area (TPSA) is 26.3 Å². The van der Waals surface area contributed by atoms with E-state index >= 15 is 0 Å². The van der Waals surface area contributed by atoms with Crippen LogP contribution in [-0.4, -0.2) is 11.9 Å². The largest absolute Gasteiger partial charge is 0.466 e. The van der Waals surface area contributed by atoms with Crippen molar-refractivity contribution in [2.45, 2.75) is 32.3 Å². The normalized spacial score (nSPS) is 12.1. The van der Waals surface area contributed by atoms with Crippen LogP contribution in [0.5, 0.6) is 5.75 Å². The molecule has 0 saturated carbocycles. The van der Waals surface area contributed by atoms with Gasteiger partial charge < -0.3 is 4.74 Å². The van der Waals surface area contributed by atoms with Crippen LogP contribution in [0.2, 0.25) is 0 Å². The van der Waals surface area contributed by atoms with Crippen LogP contribution in [0.25, 0.3) is 0 Å². The van der Waals surface area contributed by atoms with Crippen LogP contribution in [0.4, 0.5) is 17.6 Å². The Hall–Kier alpha value is -2.37. The molecular formula is C18H16F4O2. The fraction of sp³-hybridized carbons (Fsp3) is 0.278. The molecule has 0 amide bonds. The molecule has 0 saturated heterocycles. The first kappa shape index (κ1) is 18.0. The van der Waals surface area contributed by atoms with Gasteiger partial charge in [0, 0.05) is 6.07 Å². The monoisotopic (exact) mass is 340 g/mol. The van der Waals surface area contributed by atoms with E-state index in [2.05, 4.69) is 4.74 Å². The Labute approximate surface area is 137 Å². The first-order valence-corrected chi connectivity index (χ1v) is 7.18. The summed E-state index contributed by atoms with van der Waals surface area (Å²) in [5, 5.41) is 0. The number of benzene rings is 2. The Kier molecular flexibility index (Phi) is 4.69. The van der Waals surface area contributed by atoms with Crippen LogP contribution in [0, 0.1) is 11.6 Å². The number of alkyl halides is 2. The van der Waals surface area contributed by atoms with E-state index in [9.17, 15) is 22.4 Å². The van der Waals surface area contributed by atoms with Gasteiger partial charge in [-0.3, -0.25) is 4.79 Å². The summed E-state index contributed by atoms with van der Waals surface area (Å²) in [5.74, 6) is -4.44. The van der Waals surface area contributed by atoms with Crippen molar-refractivity contribution < 1.29 is 27.1 Å². The van der Waals surface area contributed by atoms with Crippen molar-refractivity contribution in [3.8, 4) is 5.75 Å². The quantitative estimate of drug-likeness (QED) is 0.571. The van der Waals surface area contributed by atoms with E-state index in [4.69, 9.17) is 0 Å². The minimum absolute atomic E-state index is 0.173.